The van der Waals surface area contributed by atoms with Crippen LogP contribution in [0.3, 0.4) is 0 Å². The number of hydrogen-bond donors (Lipinski definition) is 3. The molecule has 1 fully saturated rings. The summed E-state index contributed by atoms with van der Waals surface area (Å²) in [7, 11) is 0. The van der Waals surface area contributed by atoms with Crippen LogP contribution in [0.25, 0.3) is 0 Å². The number of phenols is 2. The van der Waals surface area contributed by atoms with Crippen LogP contribution in [0.4, 0.5) is 0 Å². The number of phenolic OH excluding ortho intramolecular Hbond substituents is 2. The number of benzene rings is 1. The van der Waals surface area contributed by atoms with Crippen LogP contribution in [0, 0.1) is 0 Å². The average Bonchev–Trinajstić information content (AvgIpc) is 2.56. The second kappa shape index (κ2) is 4.08. The molecule has 1 aromatic carbocycles. The van der Waals surface area contributed by atoms with Crippen molar-refractivity contribution in [3.63, 3.8) is 0 Å². The fourth-order valence-electron chi connectivity index (χ4n) is 1.93. The molecule has 0 spiro atoms. The van der Waals surface area contributed by atoms with E-state index in [0.717, 1.165) is 25.1 Å². The van der Waals surface area contributed by atoms with E-state index in [4.69, 9.17) is 10.8 Å². The molecule has 0 aromatic heterocycles. The summed E-state index contributed by atoms with van der Waals surface area (Å²) in [6, 6.07) is 4.95. The zero-order valence-corrected chi connectivity index (χ0v) is 8.56. The number of nitrogens with zero attached hydrogens (tertiary/aromatic N) is 1. The lowest BCUT2D eigenvalue weighted by Crippen LogP contribution is -2.26. The minimum Gasteiger partial charge on any atom is -0.508 e. The molecule has 0 saturated carbocycles. The van der Waals surface area contributed by atoms with E-state index in [1.54, 1.807) is 12.1 Å². The Bertz CT molecular complexity index is 354. The number of aromatic hydroxyl groups is 2. The van der Waals surface area contributed by atoms with Gasteiger partial charge in [0, 0.05) is 37.3 Å². The lowest BCUT2D eigenvalue weighted by atomic mass is 10.2. The van der Waals surface area contributed by atoms with Crippen molar-refractivity contribution in [3.05, 3.63) is 23.8 Å². The first-order valence-corrected chi connectivity index (χ1v) is 5.14. The van der Waals surface area contributed by atoms with E-state index in [-0.39, 0.29) is 17.5 Å². The van der Waals surface area contributed by atoms with Crippen LogP contribution in [-0.4, -0.2) is 34.2 Å². The second-order valence-corrected chi connectivity index (χ2v) is 4.10. The first-order chi connectivity index (χ1) is 7.15. The topological polar surface area (TPSA) is 69.7 Å². The van der Waals surface area contributed by atoms with E-state index in [1.165, 1.54) is 6.07 Å². The minimum absolute atomic E-state index is 0.0920. The van der Waals surface area contributed by atoms with Gasteiger partial charge in [0.25, 0.3) is 0 Å². The Kier molecular flexibility index (Phi) is 2.79. The quantitative estimate of drug-likeness (QED) is 0.666. The van der Waals surface area contributed by atoms with Gasteiger partial charge >= 0.3 is 0 Å². The predicted octanol–water partition coefficient (Wildman–Crippen LogP) is 0.631. The smallest absolute Gasteiger partial charge is 0.123 e. The maximum Gasteiger partial charge on any atom is 0.123 e. The molecule has 4 nitrogen and oxygen atoms in total. The number of rotatable bonds is 2. The maximum atomic E-state index is 9.60. The number of likely N-dealkylation sites (tertiary alicyclic amines) is 1. The fourth-order valence-corrected chi connectivity index (χ4v) is 1.93. The Morgan fingerprint density at radius 2 is 2.20 bits per heavy atom. The summed E-state index contributed by atoms with van der Waals surface area (Å²) in [5.41, 5.74) is 6.63. The Hall–Kier alpha value is -1.26. The monoisotopic (exact) mass is 208 g/mol. The number of hydrogen-bond acceptors (Lipinski definition) is 4. The SMILES string of the molecule is NC1CCN(Cc2ccc(O)cc2O)C1. The molecule has 0 radical (unpaired) electrons. The van der Waals surface area contributed by atoms with Crippen LogP contribution in [0.15, 0.2) is 18.2 Å². The van der Waals surface area contributed by atoms with Gasteiger partial charge in [0.1, 0.15) is 11.5 Å². The van der Waals surface area contributed by atoms with Crippen LogP contribution in [0.1, 0.15) is 12.0 Å². The minimum atomic E-state index is 0.0920. The molecule has 15 heavy (non-hydrogen) atoms. The first-order valence-electron chi connectivity index (χ1n) is 5.14. The summed E-state index contributed by atoms with van der Waals surface area (Å²) in [6.45, 7) is 2.54. The van der Waals surface area contributed by atoms with Gasteiger partial charge in [0.15, 0.2) is 0 Å². The van der Waals surface area contributed by atoms with Gasteiger partial charge < -0.3 is 15.9 Å². The van der Waals surface area contributed by atoms with E-state index in [1.807, 2.05) is 0 Å². The van der Waals surface area contributed by atoms with Crippen LogP contribution in [0.2, 0.25) is 0 Å². The molecule has 82 valence electrons. The summed E-state index contributed by atoms with van der Waals surface area (Å²) in [4.78, 5) is 2.21. The fraction of sp³-hybridized carbons (Fsp3) is 0.455. The molecular weight excluding hydrogens is 192 g/mol. The summed E-state index contributed by atoms with van der Waals surface area (Å²) in [5.74, 6) is 0.241. The third-order valence-corrected chi connectivity index (χ3v) is 2.77. The zero-order chi connectivity index (χ0) is 10.8. The summed E-state index contributed by atoms with van der Waals surface area (Å²) in [6.07, 6.45) is 1.01. The highest BCUT2D eigenvalue weighted by Crippen LogP contribution is 2.24. The van der Waals surface area contributed by atoms with Crippen LogP contribution in [0.5, 0.6) is 11.5 Å². The van der Waals surface area contributed by atoms with Gasteiger partial charge in [0.05, 0.1) is 0 Å². The lowest BCUT2D eigenvalue weighted by molar-refractivity contribution is 0.319. The number of nitrogens with two attached hydrogens (primary N) is 1. The first kappa shape index (κ1) is 10.3. The largest absolute Gasteiger partial charge is 0.508 e. The molecule has 1 aliphatic heterocycles. The van der Waals surface area contributed by atoms with Gasteiger partial charge in [-0.15, -0.1) is 0 Å². The van der Waals surface area contributed by atoms with E-state index in [9.17, 15) is 5.11 Å². The third kappa shape index (κ3) is 2.40. The molecule has 1 aromatic rings. The van der Waals surface area contributed by atoms with Crippen molar-refractivity contribution in [1.82, 2.24) is 4.90 Å². The Labute approximate surface area is 88.9 Å². The Morgan fingerprint density at radius 1 is 1.40 bits per heavy atom. The van der Waals surface area contributed by atoms with E-state index < -0.39 is 0 Å². The molecule has 2 rings (SSSR count). The van der Waals surface area contributed by atoms with Crippen LogP contribution < -0.4 is 5.73 Å². The molecular formula is C11H16N2O2. The highest BCUT2D eigenvalue weighted by Gasteiger charge is 2.19. The highest BCUT2D eigenvalue weighted by atomic mass is 16.3. The van der Waals surface area contributed by atoms with Crippen LogP contribution in [-0.2, 0) is 6.54 Å². The summed E-state index contributed by atoms with van der Waals surface area (Å²) < 4.78 is 0. The van der Waals surface area contributed by atoms with Crippen molar-refractivity contribution < 1.29 is 10.2 Å². The zero-order valence-electron chi connectivity index (χ0n) is 8.56. The van der Waals surface area contributed by atoms with Crippen molar-refractivity contribution >= 4 is 0 Å². The van der Waals surface area contributed by atoms with Crippen molar-refractivity contribution in [3.8, 4) is 11.5 Å². The van der Waals surface area contributed by atoms with Gasteiger partial charge in [-0.2, -0.15) is 0 Å². The average molecular weight is 208 g/mol. The molecule has 0 amide bonds. The maximum absolute atomic E-state index is 9.60. The highest BCUT2D eigenvalue weighted by molar-refractivity contribution is 5.38. The normalized spacial score (nSPS) is 22.1. The summed E-state index contributed by atoms with van der Waals surface area (Å²) in [5, 5.41) is 18.7. The molecule has 0 bridgehead atoms. The molecule has 1 aliphatic rings. The van der Waals surface area contributed by atoms with E-state index in [0.29, 0.717) is 6.54 Å². The molecule has 4 N–H and O–H groups in total. The third-order valence-electron chi connectivity index (χ3n) is 2.77. The van der Waals surface area contributed by atoms with Crippen molar-refractivity contribution in [2.24, 2.45) is 5.73 Å². The Morgan fingerprint density at radius 3 is 2.80 bits per heavy atom. The van der Waals surface area contributed by atoms with Crippen molar-refractivity contribution in [1.29, 1.82) is 0 Å². The Balaban J connectivity index is 2.04. The molecule has 1 saturated heterocycles. The van der Waals surface area contributed by atoms with E-state index in [2.05, 4.69) is 4.90 Å². The predicted molar refractivity (Wildman–Crippen MR) is 57.6 cm³/mol. The molecule has 1 unspecified atom stereocenters. The summed E-state index contributed by atoms with van der Waals surface area (Å²) >= 11 is 0. The molecule has 4 heteroatoms. The van der Waals surface area contributed by atoms with Gasteiger partial charge in [-0.1, -0.05) is 6.07 Å². The van der Waals surface area contributed by atoms with Crippen LogP contribution >= 0.6 is 0 Å². The molecule has 0 aliphatic carbocycles. The molecule has 1 heterocycles. The lowest BCUT2D eigenvalue weighted by Gasteiger charge is -2.15. The van der Waals surface area contributed by atoms with Gasteiger partial charge in [-0.05, 0) is 12.5 Å². The standard InChI is InChI=1S/C11H16N2O2/c12-9-3-4-13(7-9)6-8-1-2-10(14)5-11(8)15/h1-2,5,9,14-15H,3-4,6-7,12H2. The van der Waals surface area contributed by atoms with Gasteiger partial charge in [0.2, 0.25) is 0 Å². The molecule has 1 atom stereocenters. The van der Waals surface area contributed by atoms with Crippen molar-refractivity contribution in [2.45, 2.75) is 19.0 Å². The van der Waals surface area contributed by atoms with E-state index >= 15 is 0 Å². The van der Waals surface area contributed by atoms with Gasteiger partial charge in [-0.25, -0.2) is 0 Å². The second-order valence-electron chi connectivity index (χ2n) is 4.10. The van der Waals surface area contributed by atoms with Crippen molar-refractivity contribution in [2.75, 3.05) is 13.1 Å². The van der Waals surface area contributed by atoms with Gasteiger partial charge in [-0.3, -0.25) is 4.90 Å².